The summed E-state index contributed by atoms with van der Waals surface area (Å²) in [6, 6.07) is 12.5. The van der Waals surface area contributed by atoms with Gasteiger partial charge < -0.3 is 5.32 Å². The molecule has 0 saturated carbocycles. The highest BCUT2D eigenvalue weighted by atomic mass is 19.1. The normalized spacial score (nSPS) is 15.8. The Balaban J connectivity index is 1.26. The zero-order valence-corrected chi connectivity index (χ0v) is 18.3. The van der Waals surface area contributed by atoms with E-state index < -0.39 is 11.6 Å². The first-order valence-corrected chi connectivity index (χ1v) is 11.3. The van der Waals surface area contributed by atoms with E-state index in [2.05, 4.69) is 27.3 Å². The van der Waals surface area contributed by atoms with Gasteiger partial charge in [-0.2, -0.15) is 0 Å². The van der Waals surface area contributed by atoms with Gasteiger partial charge in [0.15, 0.2) is 0 Å². The second-order valence-electron chi connectivity index (χ2n) is 8.71. The van der Waals surface area contributed by atoms with Gasteiger partial charge in [0.25, 0.3) is 5.91 Å². The molecule has 0 spiro atoms. The fraction of sp³-hybridized carbons (Fsp3) is 0.259. The fourth-order valence-electron chi connectivity index (χ4n) is 4.57. The van der Waals surface area contributed by atoms with Crippen molar-refractivity contribution < 1.29 is 13.6 Å². The van der Waals surface area contributed by atoms with Gasteiger partial charge >= 0.3 is 0 Å². The molecule has 1 N–H and O–H groups in total. The Morgan fingerprint density at radius 3 is 2.61 bits per heavy atom. The standard InChI is InChI=1S/C27H25F2N3O/c28-22-7-9-24(25(29)15-22)26-10-6-21(16-30-26)27(33)31-23-8-5-19-13-18(3-4-20(19)14-23)17-32-11-1-2-12-32/h5-10,13-16H,1-4,11-12,17H2,(H,31,33). The highest BCUT2D eigenvalue weighted by Crippen LogP contribution is 2.28. The Morgan fingerprint density at radius 1 is 1.00 bits per heavy atom. The Bertz CT molecular complexity index is 1210. The van der Waals surface area contributed by atoms with Crippen molar-refractivity contribution in [2.24, 2.45) is 0 Å². The minimum Gasteiger partial charge on any atom is -0.322 e. The summed E-state index contributed by atoms with van der Waals surface area (Å²) in [5.41, 5.74) is 5.57. The van der Waals surface area contributed by atoms with E-state index in [4.69, 9.17) is 0 Å². The zero-order valence-electron chi connectivity index (χ0n) is 18.3. The molecule has 2 aromatic carbocycles. The summed E-state index contributed by atoms with van der Waals surface area (Å²) >= 11 is 0. The van der Waals surface area contributed by atoms with Crippen LogP contribution in [-0.4, -0.2) is 35.4 Å². The molecule has 1 aliphatic heterocycles. The molecule has 2 heterocycles. The Morgan fingerprint density at radius 2 is 1.85 bits per heavy atom. The average molecular weight is 446 g/mol. The number of pyridine rings is 1. The van der Waals surface area contributed by atoms with Crippen molar-refractivity contribution >= 4 is 17.7 Å². The van der Waals surface area contributed by atoms with Crippen molar-refractivity contribution in [3.8, 4) is 11.3 Å². The molecule has 1 aliphatic carbocycles. The molecule has 33 heavy (non-hydrogen) atoms. The third-order valence-corrected chi connectivity index (χ3v) is 6.33. The maximum absolute atomic E-state index is 14.0. The number of aromatic nitrogens is 1. The number of benzene rings is 2. The molecule has 1 saturated heterocycles. The molecule has 0 atom stereocenters. The molecule has 6 heteroatoms. The first-order chi connectivity index (χ1) is 16.0. The number of aryl methyl sites for hydroxylation is 1. The van der Waals surface area contributed by atoms with Gasteiger partial charge in [-0.15, -0.1) is 0 Å². The third kappa shape index (κ3) is 4.86. The van der Waals surface area contributed by atoms with Crippen LogP contribution in [0.15, 0.2) is 60.3 Å². The number of hydrogen-bond donors (Lipinski definition) is 1. The molecule has 3 aromatic rings. The van der Waals surface area contributed by atoms with Gasteiger partial charge in [0.1, 0.15) is 11.6 Å². The molecule has 1 aromatic heterocycles. The lowest BCUT2D eigenvalue weighted by molar-refractivity contribution is 0.102. The molecule has 1 amide bonds. The monoisotopic (exact) mass is 445 g/mol. The maximum Gasteiger partial charge on any atom is 0.257 e. The second kappa shape index (κ2) is 9.24. The van der Waals surface area contributed by atoms with E-state index in [0.29, 0.717) is 11.3 Å². The van der Waals surface area contributed by atoms with E-state index in [-0.39, 0.29) is 11.5 Å². The Hall–Kier alpha value is -3.38. The number of nitrogens with one attached hydrogen (secondary N) is 1. The van der Waals surface area contributed by atoms with Crippen LogP contribution >= 0.6 is 0 Å². The second-order valence-corrected chi connectivity index (χ2v) is 8.71. The largest absolute Gasteiger partial charge is 0.322 e. The van der Waals surface area contributed by atoms with E-state index in [1.54, 1.807) is 12.1 Å². The van der Waals surface area contributed by atoms with E-state index in [1.807, 2.05) is 12.1 Å². The van der Waals surface area contributed by atoms with Crippen molar-refractivity contribution in [2.45, 2.75) is 25.7 Å². The van der Waals surface area contributed by atoms with Crippen LogP contribution in [0.3, 0.4) is 0 Å². The van der Waals surface area contributed by atoms with Crippen molar-refractivity contribution in [3.05, 3.63) is 88.6 Å². The Labute approximate surface area is 192 Å². The summed E-state index contributed by atoms with van der Waals surface area (Å²) < 4.78 is 27.1. The van der Waals surface area contributed by atoms with Crippen LogP contribution in [0.25, 0.3) is 17.3 Å². The zero-order chi connectivity index (χ0) is 22.8. The number of hydrogen-bond acceptors (Lipinski definition) is 3. The first kappa shape index (κ1) is 21.5. The smallest absolute Gasteiger partial charge is 0.257 e. The topological polar surface area (TPSA) is 45.2 Å². The van der Waals surface area contributed by atoms with Crippen LogP contribution in [0, 0.1) is 11.6 Å². The molecule has 0 unspecified atom stereocenters. The predicted octanol–water partition coefficient (Wildman–Crippen LogP) is 5.70. The van der Waals surface area contributed by atoms with Gasteiger partial charge in [-0.05, 0) is 86.3 Å². The highest BCUT2D eigenvalue weighted by Gasteiger charge is 2.17. The average Bonchev–Trinajstić information content (AvgIpc) is 3.32. The molecule has 4 nitrogen and oxygen atoms in total. The number of likely N-dealkylation sites (tertiary alicyclic amines) is 1. The van der Waals surface area contributed by atoms with Crippen molar-refractivity contribution in [3.63, 3.8) is 0 Å². The van der Waals surface area contributed by atoms with Gasteiger partial charge in [-0.1, -0.05) is 17.7 Å². The number of rotatable bonds is 5. The van der Waals surface area contributed by atoms with Crippen molar-refractivity contribution in [1.29, 1.82) is 0 Å². The molecule has 0 radical (unpaired) electrons. The summed E-state index contributed by atoms with van der Waals surface area (Å²) in [6.45, 7) is 3.45. The summed E-state index contributed by atoms with van der Waals surface area (Å²) in [6.07, 6.45) is 8.31. The lowest BCUT2D eigenvalue weighted by atomic mass is 9.91. The van der Waals surface area contributed by atoms with Crippen LogP contribution < -0.4 is 5.32 Å². The lowest BCUT2D eigenvalue weighted by Gasteiger charge is -2.22. The summed E-state index contributed by atoms with van der Waals surface area (Å²) in [5, 5.41) is 2.92. The maximum atomic E-state index is 14.0. The number of carbonyl (C=O) groups excluding carboxylic acids is 1. The number of carbonyl (C=O) groups is 1. The van der Waals surface area contributed by atoms with Gasteiger partial charge in [0.05, 0.1) is 11.3 Å². The van der Waals surface area contributed by atoms with Crippen molar-refractivity contribution in [1.82, 2.24) is 9.88 Å². The van der Waals surface area contributed by atoms with E-state index in [0.717, 1.165) is 31.1 Å². The van der Waals surface area contributed by atoms with Gasteiger partial charge in [0, 0.05) is 30.1 Å². The SMILES string of the molecule is O=C(Nc1ccc2c(c1)CCC(CN1CCCC1)=C2)c1ccc(-c2ccc(F)cc2F)nc1. The van der Waals surface area contributed by atoms with Crippen LogP contribution in [0.4, 0.5) is 14.5 Å². The van der Waals surface area contributed by atoms with Gasteiger partial charge in [-0.3, -0.25) is 14.7 Å². The van der Waals surface area contributed by atoms with Gasteiger partial charge in [0.2, 0.25) is 0 Å². The summed E-state index contributed by atoms with van der Waals surface area (Å²) in [7, 11) is 0. The van der Waals surface area contributed by atoms with Crippen LogP contribution in [0.1, 0.15) is 40.7 Å². The minimum absolute atomic E-state index is 0.190. The van der Waals surface area contributed by atoms with E-state index >= 15 is 0 Å². The number of halogens is 2. The molecular formula is C27H25F2N3O. The number of fused-ring (bicyclic) bond motifs is 1. The van der Waals surface area contributed by atoms with Crippen molar-refractivity contribution in [2.75, 3.05) is 25.0 Å². The predicted molar refractivity (Wildman–Crippen MR) is 126 cm³/mol. The van der Waals surface area contributed by atoms with E-state index in [9.17, 15) is 13.6 Å². The quantitative estimate of drug-likeness (QED) is 0.548. The highest BCUT2D eigenvalue weighted by molar-refractivity contribution is 6.04. The van der Waals surface area contributed by atoms with Crippen LogP contribution in [0.2, 0.25) is 0 Å². The van der Waals surface area contributed by atoms with Crippen LogP contribution in [0.5, 0.6) is 0 Å². The molecule has 1 fully saturated rings. The van der Waals surface area contributed by atoms with E-state index in [1.165, 1.54) is 61.0 Å². The number of anilines is 1. The number of amides is 1. The first-order valence-electron chi connectivity index (χ1n) is 11.3. The Kier molecular flexibility index (Phi) is 6.01. The number of nitrogens with zero attached hydrogens (tertiary/aromatic N) is 2. The molecule has 168 valence electrons. The molecule has 0 bridgehead atoms. The van der Waals surface area contributed by atoms with Crippen LogP contribution in [-0.2, 0) is 6.42 Å². The third-order valence-electron chi connectivity index (χ3n) is 6.33. The molecular weight excluding hydrogens is 420 g/mol. The molecule has 2 aliphatic rings. The lowest BCUT2D eigenvalue weighted by Crippen LogP contribution is -2.23. The summed E-state index contributed by atoms with van der Waals surface area (Å²) in [4.78, 5) is 19.4. The molecule has 5 rings (SSSR count). The fourth-order valence-corrected chi connectivity index (χ4v) is 4.57. The van der Waals surface area contributed by atoms with Gasteiger partial charge in [-0.25, -0.2) is 8.78 Å². The summed E-state index contributed by atoms with van der Waals surface area (Å²) in [5.74, 6) is -1.61. The minimum atomic E-state index is -0.689.